The Morgan fingerprint density at radius 2 is 1.93 bits per heavy atom. The highest BCUT2D eigenvalue weighted by Gasteiger charge is 2.13. The predicted octanol–water partition coefficient (Wildman–Crippen LogP) is 1.50. The molecule has 14 heavy (non-hydrogen) atoms. The van der Waals surface area contributed by atoms with Gasteiger partial charge >= 0.3 is 0 Å². The maximum Gasteiger partial charge on any atom is 0.0631 e. The van der Waals surface area contributed by atoms with Crippen LogP contribution in [0.2, 0.25) is 0 Å². The van der Waals surface area contributed by atoms with E-state index in [9.17, 15) is 5.11 Å². The molecule has 1 aromatic carbocycles. The van der Waals surface area contributed by atoms with Crippen LogP contribution in [0.3, 0.4) is 0 Å². The van der Waals surface area contributed by atoms with E-state index in [-0.39, 0.29) is 0 Å². The summed E-state index contributed by atoms with van der Waals surface area (Å²) in [6.45, 7) is 4.32. The molecule has 0 heterocycles. The fraction of sp³-hybridized carbons (Fsp3) is 0.500. The van der Waals surface area contributed by atoms with Crippen LogP contribution in [0.4, 0.5) is 0 Å². The van der Waals surface area contributed by atoms with Crippen LogP contribution in [0, 0.1) is 0 Å². The summed E-state index contributed by atoms with van der Waals surface area (Å²) in [4.78, 5) is 0. The van der Waals surface area contributed by atoms with E-state index in [0.717, 1.165) is 6.42 Å². The molecule has 0 atom stereocenters. The van der Waals surface area contributed by atoms with Gasteiger partial charge in [0.05, 0.1) is 5.60 Å². The van der Waals surface area contributed by atoms with Crippen molar-refractivity contribution in [2.45, 2.75) is 32.3 Å². The highest BCUT2D eigenvalue weighted by Crippen LogP contribution is 2.13. The van der Waals surface area contributed by atoms with Gasteiger partial charge < -0.3 is 10.8 Å². The molecule has 0 unspecified atom stereocenters. The van der Waals surface area contributed by atoms with Crippen molar-refractivity contribution in [1.82, 2.24) is 0 Å². The molecule has 0 saturated carbocycles. The van der Waals surface area contributed by atoms with E-state index in [0.29, 0.717) is 13.0 Å². The fourth-order valence-electron chi connectivity index (χ4n) is 1.56. The van der Waals surface area contributed by atoms with Crippen molar-refractivity contribution >= 4 is 0 Å². The van der Waals surface area contributed by atoms with Crippen LogP contribution in [0.25, 0.3) is 0 Å². The molecule has 0 spiro atoms. The number of hydrogen-bond acceptors (Lipinski definition) is 2. The largest absolute Gasteiger partial charge is 0.390 e. The average molecular weight is 193 g/mol. The first-order chi connectivity index (χ1) is 6.51. The summed E-state index contributed by atoms with van der Waals surface area (Å²) in [5.74, 6) is 0. The molecule has 0 aliphatic carbocycles. The number of hydrogen-bond donors (Lipinski definition) is 2. The van der Waals surface area contributed by atoms with Crippen molar-refractivity contribution in [3.8, 4) is 0 Å². The Kier molecular flexibility index (Phi) is 3.67. The second-order valence-electron chi connectivity index (χ2n) is 4.35. The molecule has 2 nitrogen and oxygen atoms in total. The van der Waals surface area contributed by atoms with Gasteiger partial charge in [-0.05, 0) is 37.9 Å². The number of aliphatic hydroxyl groups is 1. The molecule has 78 valence electrons. The van der Waals surface area contributed by atoms with E-state index in [4.69, 9.17) is 5.73 Å². The smallest absolute Gasteiger partial charge is 0.0631 e. The SMILES string of the molecule is CC(C)(O)Cc1cccc(CCN)c1. The number of nitrogens with two attached hydrogens (primary N) is 1. The third kappa shape index (κ3) is 3.90. The number of rotatable bonds is 4. The highest BCUT2D eigenvalue weighted by molar-refractivity contribution is 5.24. The second kappa shape index (κ2) is 4.58. The summed E-state index contributed by atoms with van der Waals surface area (Å²) in [5, 5.41) is 9.67. The maximum absolute atomic E-state index is 9.67. The standard InChI is InChI=1S/C12H19NO/c1-12(2,14)9-11-5-3-4-10(8-11)6-7-13/h3-5,8,14H,6-7,9,13H2,1-2H3. The van der Waals surface area contributed by atoms with Crippen molar-refractivity contribution < 1.29 is 5.11 Å². The second-order valence-corrected chi connectivity index (χ2v) is 4.35. The van der Waals surface area contributed by atoms with Gasteiger partial charge in [0.15, 0.2) is 0 Å². The third-order valence-electron chi connectivity index (χ3n) is 2.06. The predicted molar refractivity (Wildman–Crippen MR) is 59.2 cm³/mol. The molecule has 0 saturated heterocycles. The van der Waals surface area contributed by atoms with Gasteiger partial charge in [-0.2, -0.15) is 0 Å². The van der Waals surface area contributed by atoms with Crippen LogP contribution in [0.1, 0.15) is 25.0 Å². The van der Waals surface area contributed by atoms with Gasteiger partial charge in [-0.1, -0.05) is 24.3 Å². The number of benzene rings is 1. The summed E-state index contributed by atoms with van der Waals surface area (Å²) in [7, 11) is 0. The summed E-state index contributed by atoms with van der Waals surface area (Å²) in [6.07, 6.45) is 1.59. The summed E-state index contributed by atoms with van der Waals surface area (Å²) >= 11 is 0. The lowest BCUT2D eigenvalue weighted by atomic mass is 9.97. The van der Waals surface area contributed by atoms with Crippen LogP contribution in [0.5, 0.6) is 0 Å². The lowest BCUT2D eigenvalue weighted by Gasteiger charge is -2.17. The van der Waals surface area contributed by atoms with Crippen LogP contribution in [-0.4, -0.2) is 17.3 Å². The van der Waals surface area contributed by atoms with Gasteiger partial charge in [0.25, 0.3) is 0 Å². The van der Waals surface area contributed by atoms with Crippen molar-refractivity contribution in [2.75, 3.05) is 6.54 Å². The van der Waals surface area contributed by atoms with Gasteiger partial charge in [-0.3, -0.25) is 0 Å². The minimum atomic E-state index is -0.638. The highest BCUT2D eigenvalue weighted by atomic mass is 16.3. The van der Waals surface area contributed by atoms with Gasteiger partial charge in [0, 0.05) is 6.42 Å². The normalized spacial score (nSPS) is 11.7. The van der Waals surface area contributed by atoms with Crippen LogP contribution < -0.4 is 5.73 Å². The molecule has 0 amide bonds. The summed E-state index contributed by atoms with van der Waals surface area (Å²) in [6, 6.07) is 8.25. The molecule has 1 rings (SSSR count). The quantitative estimate of drug-likeness (QED) is 0.761. The minimum Gasteiger partial charge on any atom is -0.390 e. The molecule has 0 aliphatic heterocycles. The first-order valence-corrected chi connectivity index (χ1v) is 5.01. The maximum atomic E-state index is 9.67. The van der Waals surface area contributed by atoms with Gasteiger partial charge in [-0.25, -0.2) is 0 Å². The Balaban J connectivity index is 2.73. The van der Waals surface area contributed by atoms with Crippen LogP contribution in [0.15, 0.2) is 24.3 Å². The van der Waals surface area contributed by atoms with E-state index >= 15 is 0 Å². The van der Waals surface area contributed by atoms with Crippen molar-refractivity contribution in [3.63, 3.8) is 0 Å². The molecular formula is C12H19NO. The summed E-state index contributed by atoms with van der Waals surface area (Å²) in [5.41, 5.74) is 7.27. The van der Waals surface area contributed by atoms with Gasteiger partial charge in [0.2, 0.25) is 0 Å². The van der Waals surface area contributed by atoms with Crippen molar-refractivity contribution in [3.05, 3.63) is 35.4 Å². The Morgan fingerprint density at radius 3 is 2.50 bits per heavy atom. The van der Waals surface area contributed by atoms with E-state index in [2.05, 4.69) is 12.1 Å². The van der Waals surface area contributed by atoms with E-state index < -0.39 is 5.60 Å². The third-order valence-corrected chi connectivity index (χ3v) is 2.06. The first kappa shape index (κ1) is 11.2. The molecule has 2 heteroatoms. The van der Waals surface area contributed by atoms with Crippen LogP contribution in [-0.2, 0) is 12.8 Å². The Morgan fingerprint density at radius 1 is 1.29 bits per heavy atom. The van der Waals surface area contributed by atoms with Crippen molar-refractivity contribution in [2.24, 2.45) is 5.73 Å². The van der Waals surface area contributed by atoms with Gasteiger partial charge in [0.1, 0.15) is 0 Å². The molecule has 0 fully saturated rings. The zero-order chi connectivity index (χ0) is 10.6. The molecule has 0 aromatic heterocycles. The van der Waals surface area contributed by atoms with E-state index in [1.807, 2.05) is 26.0 Å². The van der Waals surface area contributed by atoms with Gasteiger partial charge in [-0.15, -0.1) is 0 Å². The molecule has 0 bridgehead atoms. The molecule has 3 N–H and O–H groups in total. The van der Waals surface area contributed by atoms with Crippen molar-refractivity contribution in [1.29, 1.82) is 0 Å². The zero-order valence-corrected chi connectivity index (χ0v) is 8.96. The first-order valence-electron chi connectivity index (χ1n) is 5.01. The van der Waals surface area contributed by atoms with E-state index in [1.165, 1.54) is 11.1 Å². The lowest BCUT2D eigenvalue weighted by molar-refractivity contribution is 0.0810. The Labute approximate surface area is 85.8 Å². The van der Waals surface area contributed by atoms with E-state index in [1.54, 1.807) is 0 Å². The zero-order valence-electron chi connectivity index (χ0n) is 8.96. The topological polar surface area (TPSA) is 46.2 Å². The Hall–Kier alpha value is -0.860. The lowest BCUT2D eigenvalue weighted by Crippen LogP contribution is -2.21. The molecule has 0 radical (unpaired) electrons. The average Bonchev–Trinajstić information content (AvgIpc) is 2.02. The molecule has 0 aliphatic rings. The minimum absolute atomic E-state index is 0.638. The molecular weight excluding hydrogens is 174 g/mol. The Bertz CT molecular complexity index is 289. The monoisotopic (exact) mass is 193 g/mol. The molecule has 1 aromatic rings. The van der Waals surface area contributed by atoms with Crippen LogP contribution >= 0.6 is 0 Å². The fourth-order valence-corrected chi connectivity index (χ4v) is 1.56. The summed E-state index contributed by atoms with van der Waals surface area (Å²) < 4.78 is 0.